The zero-order chi connectivity index (χ0) is 15.0. The van der Waals surface area contributed by atoms with Crippen LogP contribution in [0.2, 0.25) is 0 Å². The average molecular weight is 276 g/mol. The molecule has 0 saturated carbocycles. The molecule has 1 unspecified atom stereocenters. The van der Waals surface area contributed by atoms with E-state index in [0.29, 0.717) is 5.92 Å². The molecule has 1 amide bonds. The van der Waals surface area contributed by atoms with E-state index in [2.05, 4.69) is 31.3 Å². The molecule has 4 heteroatoms. The van der Waals surface area contributed by atoms with Crippen LogP contribution < -0.4 is 5.43 Å². The number of phenolic OH excluding ortho intramolecular Hbond substituents is 1. The third-order valence-electron chi connectivity index (χ3n) is 3.08. The lowest BCUT2D eigenvalue weighted by molar-refractivity contribution is 0.0952. The van der Waals surface area contributed by atoms with E-state index in [1.54, 1.807) is 24.4 Å². The van der Waals surface area contributed by atoms with E-state index in [1.165, 1.54) is 12.5 Å². The Morgan fingerprint density at radius 3 is 2.65 bits per heavy atom. The van der Waals surface area contributed by atoms with Crippen LogP contribution in [0.25, 0.3) is 0 Å². The van der Waals surface area contributed by atoms with Gasteiger partial charge in [0.05, 0.1) is 5.56 Å². The van der Waals surface area contributed by atoms with Gasteiger partial charge in [-0.1, -0.05) is 45.7 Å². The van der Waals surface area contributed by atoms with Crippen molar-refractivity contribution < 1.29 is 9.90 Å². The minimum atomic E-state index is -0.395. The number of hydrogen-bond acceptors (Lipinski definition) is 3. The lowest BCUT2D eigenvalue weighted by Crippen LogP contribution is -2.18. The molecule has 1 rings (SSSR count). The molecule has 110 valence electrons. The summed E-state index contributed by atoms with van der Waals surface area (Å²) >= 11 is 0. The van der Waals surface area contributed by atoms with E-state index in [1.807, 2.05) is 0 Å². The van der Waals surface area contributed by atoms with Gasteiger partial charge in [-0.25, -0.2) is 5.43 Å². The van der Waals surface area contributed by atoms with Crippen molar-refractivity contribution in [3.05, 3.63) is 29.8 Å². The number of aromatic hydroxyl groups is 1. The Balaban J connectivity index is 2.37. The van der Waals surface area contributed by atoms with Gasteiger partial charge in [0.1, 0.15) is 5.75 Å². The summed E-state index contributed by atoms with van der Waals surface area (Å²) in [6.45, 7) is 6.51. The highest BCUT2D eigenvalue weighted by Crippen LogP contribution is 2.15. The zero-order valence-corrected chi connectivity index (χ0v) is 12.5. The van der Waals surface area contributed by atoms with Gasteiger partial charge >= 0.3 is 0 Å². The second-order valence-electron chi connectivity index (χ2n) is 5.54. The Hall–Kier alpha value is -1.84. The summed E-state index contributed by atoms with van der Waals surface area (Å²) in [6.07, 6.45) is 5.19. The number of hydrazone groups is 1. The standard InChI is InChI=1S/C16H24N2O2/c1-12(2)7-6-8-13(3)11-17-18-16(20)14-9-4-5-10-15(14)19/h4-5,9-13,19H,6-8H2,1-3H3,(H,18,20)/b17-11+. The molecule has 0 aromatic heterocycles. The van der Waals surface area contributed by atoms with Crippen LogP contribution in [0.4, 0.5) is 0 Å². The van der Waals surface area contributed by atoms with Crippen molar-refractivity contribution >= 4 is 12.1 Å². The molecule has 20 heavy (non-hydrogen) atoms. The Morgan fingerprint density at radius 2 is 2.00 bits per heavy atom. The van der Waals surface area contributed by atoms with Crippen molar-refractivity contribution in [2.45, 2.75) is 40.0 Å². The van der Waals surface area contributed by atoms with E-state index < -0.39 is 5.91 Å². The molecule has 1 atom stereocenters. The monoisotopic (exact) mass is 276 g/mol. The van der Waals surface area contributed by atoms with Crippen molar-refractivity contribution in [1.82, 2.24) is 5.43 Å². The van der Waals surface area contributed by atoms with Gasteiger partial charge in [0.25, 0.3) is 5.91 Å². The van der Waals surface area contributed by atoms with Crippen molar-refractivity contribution in [2.24, 2.45) is 16.9 Å². The second kappa shape index (κ2) is 8.35. The predicted octanol–water partition coefficient (Wildman–Crippen LogP) is 3.57. The van der Waals surface area contributed by atoms with E-state index in [-0.39, 0.29) is 11.3 Å². The fourth-order valence-corrected chi connectivity index (χ4v) is 1.87. The highest BCUT2D eigenvalue weighted by molar-refractivity contribution is 5.96. The van der Waals surface area contributed by atoms with Gasteiger partial charge < -0.3 is 5.11 Å². The summed E-state index contributed by atoms with van der Waals surface area (Å²) in [6, 6.07) is 6.42. The van der Waals surface area contributed by atoms with Crippen LogP contribution in [0.15, 0.2) is 29.4 Å². The number of hydrogen-bond donors (Lipinski definition) is 2. The summed E-state index contributed by atoms with van der Waals surface area (Å²) in [5.41, 5.74) is 2.67. The second-order valence-corrected chi connectivity index (χ2v) is 5.54. The van der Waals surface area contributed by atoms with Gasteiger partial charge in [0.2, 0.25) is 0 Å². The van der Waals surface area contributed by atoms with Crippen LogP contribution in [0.3, 0.4) is 0 Å². The molecule has 0 aliphatic carbocycles. The topological polar surface area (TPSA) is 61.7 Å². The number of phenols is 1. The SMILES string of the molecule is CC(C)CCCC(C)/C=N/NC(=O)c1ccccc1O. The minimum absolute atomic E-state index is 0.0369. The first kappa shape index (κ1) is 16.2. The van der Waals surface area contributed by atoms with Gasteiger partial charge in [0.15, 0.2) is 0 Å². The van der Waals surface area contributed by atoms with Gasteiger partial charge in [-0.15, -0.1) is 0 Å². The Labute approximate surface area is 120 Å². The number of para-hydroxylation sites is 1. The number of nitrogens with one attached hydrogen (secondary N) is 1. The van der Waals surface area contributed by atoms with E-state index in [4.69, 9.17) is 0 Å². The zero-order valence-electron chi connectivity index (χ0n) is 12.5. The number of rotatable bonds is 7. The number of carbonyl (C=O) groups is 1. The van der Waals surface area contributed by atoms with Crippen LogP contribution in [0.1, 0.15) is 50.4 Å². The van der Waals surface area contributed by atoms with Gasteiger partial charge in [-0.3, -0.25) is 4.79 Å². The summed E-state index contributed by atoms with van der Waals surface area (Å²) in [5.74, 6) is 0.622. The van der Waals surface area contributed by atoms with Crippen LogP contribution in [0.5, 0.6) is 5.75 Å². The fourth-order valence-electron chi connectivity index (χ4n) is 1.87. The number of nitrogens with zero attached hydrogens (tertiary/aromatic N) is 1. The lowest BCUT2D eigenvalue weighted by Gasteiger charge is -2.07. The molecule has 1 aromatic carbocycles. The molecule has 0 heterocycles. The Bertz CT molecular complexity index is 456. The first-order valence-electron chi connectivity index (χ1n) is 7.12. The summed E-state index contributed by atoms with van der Waals surface area (Å²) in [4.78, 5) is 11.8. The minimum Gasteiger partial charge on any atom is -0.507 e. The van der Waals surface area contributed by atoms with Crippen LogP contribution in [0, 0.1) is 11.8 Å². The van der Waals surface area contributed by atoms with Crippen LogP contribution in [-0.2, 0) is 0 Å². The van der Waals surface area contributed by atoms with Crippen molar-refractivity contribution in [3.63, 3.8) is 0 Å². The summed E-state index contributed by atoms with van der Waals surface area (Å²) < 4.78 is 0. The quantitative estimate of drug-likeness (QED) is 0.590. The molecular weight excluding hydrogens is 252 g/mol. The molecule has 0 bridgehead atoms. The van der Waals surface area contributed by atoms with Crippen molar-refractivity contribution in [3.8, 4) is 5.75 Å². The van der Waals surface area contributed by atoms with E-state index in [9.17, 15) is 9.90 Å². The third kappa shape index (κ3) is 5.87. The maximum atomic E-state index is 11.8. The Kier molecular flexibility index (Phi) is 6.77. The van der Waals surface area contributed by atoms with Crippen molar-refractivity contribution in [1.29, 1.82) is 0 Å². The molecule has 0 aliphatic heterocycles. The van der Waals surface area contributed by atoms with Gasteiger partial charge in [-0.2, -0.15) is 5.10 Å². The summed E-state index contributed by atoms with van der Waals surface area (Å²) in [7, 11) is 0. The highest BCUT2D eigenvalue weighted by Gasteiger charge is 2.08. The van der Waals surface area contributed by atoms with Crippen molar-refractivity contribution in [2.75, 3.05) is 0 Å². The average Bonchev–Trinajstić information content (AvgIpc) is 2.38. The molecule has 0 radical (unpaired) electrons. The first-order chi connectivity index (χ1) is 9.50. The fraction of sp³-hybridized carbons (Fsp3) is 0.500. The normalized spacial score (nSPS) is 12.8. The number of amides is 1. The van der Waals surface area contributed by atoms with Crippen LogP contribution in [-0.4, -0.2) is 17.2 Å². The molecule has 0 spiro atoms. The Morgan fingerprint density at radius 1 is 1.30 bits per heavy atom. The number of benzene rings is 1. The predicted molar refractivity (Wildman–Crippen MR) is 81.9 cm³/mol. The van der Waals surface area contributed by atoms with Gasteiger partial charge in [-0.05, 0) is 30.4 Å². The molecule has 0 saturated heterocycles. The third-order valence-corrected chi connectivity index (χ3v) is 3.08. The molecule has 2 N–H and O–H groups in total. The molecule has 1 aromatic rings. The first-order valence-corrected chi connectivity index (χ1v) is 7.12. The molecule has 0 aliphatic rings. The summed E-state index contributed by atoms with van der Waals surface area (Å²) in [5, 5.41) is 13.5. The molecule has 4 nitrogen and oxygen atoms in total. The van der Waals surface area contributed by atoms with E-state index in [0.717, 1.165) is 18.8 Å². The molecular formula is C16H24N2O2. The lowest BCUT2D eigenvalue weighted by atomic mass is 10.0. The van der Waals surface area contributed by atoms with Crippen LogP contribution >= 0.6 is 0 Å². The van der Waals surface area contributed by atoms with Gasteiger partial charge in [0, 0.05) is 6.21 Å². The smallest absolute Gasteiger partial charge is 0.275 e. The highest BCUT2D eigenvalue weighted by atomic mass is 16.3. The largest absolute Gasteiger partial charge is 0.507 e. The number of carbonyl (C=O) groups excluding carboxylic acids is 1. The van der Waals surface area contributed by atoms with E-state index >= 15 is 0 Å². The maximum absolute atomic E-state index is 11.8. The maximum Gasteiger partial charge on any atom is 0.275 e. The molecule has 0 fully saturated rings.